The number of carbonyl (C=O) groups excluding carboxylic acids is 4. The number of hydrogen-bond acceptors (Lipinski definition) is 9. The van der Waals surface area contributed by atoms with E-state index in [0.717, 1.165) is 20.1 Å². The van der Waals surface area contributed by atoms with E-state index >= 15 is 0 Å². The molecule has 2 aromatic rings. The van der Waals surface area contributed by atoms with Gasteiger partial charge in [-0.05, 0) is 41.6 Å². The van der Waals surface area contributed by atoms with Crippen molar-refractivity contribution >= 4 is 46.8 Å². The third kappa shape index (κ3) is 9.07. The van der Waals surface area contributed by atoms with Gasteiger partial charge in [0.05, 0.1) is 7.11 Å². The minimum absolute atomic E-state index is 0.00116. The molecule has 0 radical (unpaired) electrons. The molecule has 0 aromatic heterocycles. The van der Waals surface area contributed by atoms with E-state index in [-0.39, 0.29) is 34.2 Å². The summed E-state index contributed by atoms with van der Waals surface area (Å²) in [6.45, 7) is 1.16. The molecule has 2 aromatic carbocycles. The van der Waals surface area contributed by atoms with E-state index in [4.69, 9.17) is 20.3 Å². The van der Waals surface area contributed by atoms with Crippen LogP contribution in [0.5, 0.6) is 5.75 Å². The normalized spacial score (nSPS) is 11.0. The number of nitrogens with zero attached hydrogens (tertiary/aromatic N) is 1. The van der Waals surface area contributed by atoms with Gasteiger partial charge in [-0.1, -0.05) is 6.07 Å². The van der Waals surface area contributed by atoms with Gasteiger partial charge in [0.1, 0.15) is 29.0 Å². The minimum atomic E-state index is -1.26. The third-order valence-corrected chi connectivity index (χ3v) is 5.64. The number of ether oxygens (including phenoxy) is 2. The maximum Gasteiger partial charge on any atom is 0.372 e. The van der Waals surface area contributed by atoms with Gasteiger partial charge in [0, 0.05) is 38.4 Å². The van der Waals surface area contributed by atoms with E-state index in [1.165, 1.54) is 29.2 Å². The van der Waals surface area contributed by atoms with E-state index in [9.17, 15) is 28.0 Å². The summed E-state index contributed by atoms with van der Waals surface area (Å²) in [5.74, 6) is -5.19. The van der Waals surface area contributed by atoms with E-state index in [1.807, 2.05) is 0 Å². The Kier molecular flexibility index (Phi) is 10.9. The zero-order chi connectivity index (χ0) is 29.3. The molecule has 0 bridgehead atoms. The van der Waals surface area contributed by atoms with Crippen molar-refractivity contribution in [3.05, 3.63) is 53.6 Å². The summed E-state index contributed by atoms with van der Waals surface area (Å²) in [4.78, 5) is 50.3. The summed E-state index contributed by atoms with van der Waals surface area (Å²) in [5, 5.41) is 21.3. The number of benzene rings is 2. The van der Waals surface area contributed by atoms with Gasteiger partial charge in [-0.25, -0.2) is 18.4 Å². The van der Waals surface area contributed by atoms with Crippen LogP contribution >= 0.6 is 11.8 Å². The van der Waals surface area contributed by atoms with Crippen molar-refractivity contribution in [3.63, 3.8) is 0 Å². The Morgan fingerprint density at radius 3 is 2.33 bits per heavy atom. The van der Waals surface area contributed by atoms with Crippen LogP contribution in [-0.2, 0) is 14.3 Å². The Morgan fingerprint density at radius 1 is 1.05 bits per heavy atom. The summed E-state index contributed by atoms with van der Waals surface area (Å²) < 4.78 is 37.5. The van der Waals surface area contributed by atoms with Crippen molar-refractivity contribution in [1.82, 2.24) is 20.9 Å². The molecule has 2 rings (SSSR count). The first-order valence-corrected chi connectivity index (χ1v) is 12.0. The molecule has 0 aliphatic carbocycles. The van der Waals surface area contributed by atoms with Crippen LogP contribution < -0.4 is 20.7 Å². The van der Waals surface area contributed by atoms with Crippen molar-refractivity contribution < 1.29 is 37.4 Å². The molecule has 12 nitrogen and oxygen atoms in total. The number of rotatable bonds is 7. The highest BCUT2D eigenvalue weighted by atomic mass is 32.2. The molecule has 0 saturated carbocycles. The van der Waals surface area contributed by atoms with E-state index < -0.39 is 46.7 Å². The molecular weight excluding hydrogens is 538 g/mol. The molecule has 0 fully saturated rings. The number of halogens is 2. The van der Waals surface area contributed by atoms with Crippen LogP contribution in [0, 0.1) is 22.5 Å². The highest BCUT2D eigenvalue weighted by Gasteiger charge is 2.24. The first-order valence-electron chi connectivity index (χ1n) is 11.0. The zero-order valence-electron chi connectivity index (χ0n) is 21.3. The van der Waals surface area contributed by atoms with E-state index in [1.54, 1.807) is 14.1 Å². The summed E-state index contributed by atoms with van der Waals surface area (Å²) in [6, 6.07) is 5.46. The van der Waals surface area contributed by atoms with E-state index in [0.29, 0.717) is 17.8 Å². The van der Waals surface area contributed by atoms with Crippen LogP contribution in [-0.4, -0.2) is 72.9 Å². The molecule has 15 heteroatoms. The fourth-order valence-corrected chi connectivity index (χ4v) is 3.64. The van der Waals surface area contributed by atoms with Crippen LogP contribution in [0.1, 0.15) is 17.3 Å². The molecule has 0 saturated heterocycles. The Hall–Kier alpha value is -4.53. The number of guanidine groups is 2. The van der Waals surface area contributed by atoms with E-state index in [2.05, 4.69) is 16.0 Å². The molecule has 0 aliphatic rings. The number of carbonyl (C=O) groups is 4. The Bertz CT molecular complexity index is 1310. The van der Waals surface area contributed by atoms with Gasteiger partial charge in [0.2, 0.25) is 17.8 Å². The molecule has 5 N–H and O–H groups in total. The van der Waals surface area contributed by atoms with Gasteiger partial charge in [0.25, 0.3) is 0 Å². The third-order valence-electron chi connectivity index (χ3n) is 4.82. The second-order valence-electron chi connectivity index (χ2n) is 7.98. The van der Waals surface area contributed by atoms with Crippen molar-refractivity contribution in [2.75, 3.05) is 27.0 Å². The first-order chi connectivity index (χ1) is 18.3. The average molecular weight is 565 g/mol. The molecule has 39 heavy (non-hydrogen) atoms. The van der Waals surface area contributed by atoms with Crippen molar-refractivity contribution in [2.24, 2.45) is 0 Å². The molecule has 1 atom stereocenters. The number of thioether (sulfide) groups is 1. The number of nitrogens with one attached hydrogen (secondary N) is 5. The molecule has 0 spiro atoms. The van der Waals surface area contributed by atoms with Gasteiger partial charge in [-0.15, -0.1) is 0 Å². The van der Waals surface area contributed by atoms with Crippen molar-refractivity contribution in [1.29, 1.82) is 10.8 Å². The number of esters is 1. The number of methoxy groups -OCH3 is 1. The Morgan fingerprint density at radius 2 is 1.74 bits per heavy atom. The molecule has 0 heterocycles. The molecule has 208 valence electrons. The van der Waals surface area contributed by atoms with Crippen LogP contribution in [0.25, 0.3) is 11.1 Å². The molecule has 0 aliphatic heterocycles. The predicted octanol–water partition coefficient (Wildman–Crippen LogP) is 2.29. The second-order valence-corrected chi connectivity index (χ2v) is 8.93. The smallest absolute Gasteiger partial charge is 0.372 e. The maximum atomic E-state index is 14.2. The summed E-state index contributed by atoms with van der Waals surface area (Å²) >= 11 is 0.496. The molecule has 0 unspecified atom stereocenters. The minimum Gasteiger partial charge on any atom is -0.465 e. The lowest BCUT2D eigenvalue weighted by Gasteiger charge is -2.19. The lowest BCUT2D eigenvalue weighted by molar-refractivity contribution is -0.126. The SMILES string of the molecule is COC(=O)c1cc(-c2ccc(F)cc2F)ccc1OC(=O)SC[C@H](NC(C)=O)C(=O)NC(=N)NC(=N)N(C)C. The van der Waals surface area contributed by atoms with Gasteiger partial charge < -0.3 is 19.7 Å². The lowest BCUT2D eigenvalue weighted by Crippen LogP contribution is -2.54. The fraction of sp³-hybridized carbons (Fsp3) is 0.250. The van der Waals surface area contributed by atoms with Crippen LogP contribution in [0.4, 0.5) is 13.6 Å². The Labute approximate surface area is 226 Å². The zero-order valence-corrected chi connectivity index (χ0v) is 22.1. The van der Waals surface area contributed by atoms with Crippen molar-refractivity contribution in [2.45, 2.75) is 13.0 Å². The van der Waals surface area contributed by atoms with Gasteiger partial charge >= 0.3 is 11.3 Å². The molecular formula is C24H26F2N6O6S. The lowest BCUT2D eigenvalue weighted by atomic mass is 10.0. The highest BCUT2D eigenvalue weighted by Crippen LogP contribution is 2.30. The van der Waals surface area contributed by atoms with Gasteiger partial charge in [-0.3, -0.25) is 31.0 Å². The summed E-state index contributed by atoms with van der Waals surface area (Å²) in [5.41, 5.74) is -0.0217. The highest BCUT2D eigenvalue weighted by molar-refractivity contribution is 8.13. The standard InChI is InChI=1S/C24H26F2N6O6S/c1-12(33)29-18(20(34)30-22(27)31-23(28)32(2)3)11-39-24(36)38-19-8-5-13(9-16(19)21(35)37-4)15-7-6-14(25)10-17(15)26/h5-10,18H,11H2,1-4H3,(H,29,33)(H4,27,28,30,31,34)/t18-/m0/s1. The quantitative estimate of drug-likeness (QED) is 0.192. The fourth-order valence-electron chi connectivity index (χ4n) is 2.95. The topological polar surface area (TPSA) is 174 Å². The summed E-state index contributed by atoms with van der Waals surface area (Å²) in [7, 11) is 4.19. The molecule has 2 amide bonds. The summed E-state index contributed by atoms with van der Waals surface area (Å²) in [6.07, 6.45) is 0. The van der Waals surface area contributed by atoms with Crippen LogP contribution in [0.2, 0.25) is 0 Å². The number of hydrogen-bond donors (Lipinski definition) is 5. The first kappa shape index (κ1) is 30.7. The van der Waals surface area contributed by atoms with Crippen molar-refractivity contribution in [3.8, 4) is 16.9 Å². The largest absolute Gasteiger partial charge is 0.465 e. The van der Waals surface area contributed by atoms with Gasteiger partial charge in [0.15, 0.2) is 5.96 Å². The monoisotopic (exact) mass is 564 g/mol. The Balaban J connectivity index is 2.15. The predicted molar refractivity (Wildman–Crippen MR) is 140 cm³/mol. The van der Waals surface area contributed by atoms with Crippen LogP contribution in [0.15, 0.2) is 36.4 Å². The van der Waals surface area contributed by atoms with Crippen LogP contribution in [0.3, 0.4) is 0 Å². The number of amides is 2. The van der Waals surface area contributed by atoms with Gasteiger partial charge in [-0.2, -0.15) is 0 Å². The second kappa shape index (κ2) is 13.9. The average Bonchev–Trinajstić information content (AvgIpc) is 2.86. The maximum absolute atomic E-state index is 14.2.